The molecule has 1 amide bonds. The van der Waals surface area contributed by atoms with Gasteiger partial charge in [-0.25, -0.2) is 4.98 Å². The Labute approximate surface area is 172 Å². The molecule has 1 aliphatic heterocycles. The molecule has 1 saturated carbocycles. The van der Waals surface area contributed by atoms with Gasteiger partial charge in [0, 0.05) is 19.7 Å². The first kappa shape index (κ1) is 19.7. The van der Waals surface area contributed by atoms with Crippen LogP contribution in [0.2, 0.25) is 0 Å². The molecule has 3 heterocycles. The molecule has 8 heteroatoms. The van der Waals surface area contributed by atoms with Crippen LogP contribution in [0.1, 0.15) is 44.1 Å². The van der Waals surface area contributed by atoms with Crippen molar-refractivity contribution in [2.24, 2.45) is 0 Å². The van der Waals surface area contributed by atoms with Gasteiger partial charge in [0.2, 0.25) is 5.91 Å². The Bertz CT molecular complexity index is 942. The third-order valence-corrected chi connectivity index (χ3v) is 7.18. The van der Waals surface area contributed by atoms with Crippen molar-refractivity contribution >= 4 is 39.2 Å². The molecule has 28 heavy (non-hydrogen) atoms. The van der Waals surface area contributed by atoms with E-state index in [4.69, 9.17) is 9.72 Å². The molecule has 2 fully saturated rings. The van der Waals surface area contributed by atoms with E-state index in [1.165, 1.54) is 23.1 Å². The summed E-state index contributed by atoms with van der Waals surface area (Å²) < 4.78 is 7.20. The van der Waals surface area contributed by atoms with E-state index in [2.05, 4.69) is 17.3 Å². The lowest BCUT2D eigenvalue weighted by atomic mass is 10.1. The van der Waals surface area contributed by atoms with E-state index in [1.807, 2.05) is 6.92 Å². The topological polar surface area (TPSA) is 73.2 Å². The number of ether oxygens (including phenoxy) is 1. The van der Waals surface area contributed by atoms with Gasteiger partial charge in [-0.3, -0.25) is 14.2 Å². The number of nitrogens with zero attached hydrogens (tertiary/aromatic N) is 2. The minimum Gasteiger partial charge on any atom is -0.376 e. The minimum atomic E-state index is -0.357. The second-order valence-corrected chi connectivity index (χ2v) is 9.55. The van der Waals surface area contributed by atoms with Gasteiger partial charge < -0.3 is 10.1 Å². The highest BCUT2D eigenvalue weighted by atomic mass is 32.2. The first-order chi connectivity index (χ1) is 13.6. The number of thioether (sulfide) groups is 1. The van der Waals surface area contributed by atoms with Gasteiger partial charge in [-0.1, -0.05) is 17.8 Å². The van der Waals surface area contributed by atoms with E-state index in [9.17, 15) is 9.59 Å². The quantitative estimate of drug-likeness (QED) is 0.404. The molecule has 6 nitrogen and oxygen atoms in total. The second-order valence-electron chi connectivity index (χ2n) is 7.38. The van der Waals surface area contributed by atoms with Crippen molar-refractivity contribution in [1.82, 2.24) is 14.9 Å². The number of rotatable bonds is 8. The van der Waals surface area contributed by atoms with Gasteiger partial charge in [-0.15, -0.1) is 17.9 Å². The Balaban J connectivity index is 1.54. The number of allylic oxidation sites excluding steroid dienone is 1. The van der Waals surface area contributed by atoms with Gasteiger partial charge >= 0.3 is 0 Å². The zero-order valence-corrected chi connectivity index (χ0v) is 17.6. The number of carbonyl (C=O) groups excluding carboxylic acids is 1. The summed E-state index contributed by atoms with van der Waals surface area (Å²) in [6.07, 6.45) is 6.13. The predicted octanol–water partition coefficient (Wildman–Crippen LogP) is 3.30. The molecule has 0 aromatic carbocycles. The van der Waals surface area contributed by atoms with Crippen LogP contribution in [-0.2, 0) is 16.1 Å². The molecule has 1 N–H and O–H groups in total. The molecule has 2 aromatic heterocycles. The van der Waals surface area contributed by atoms with Gasteiger partial charge in [0.1, 0.15) is 4.83 Å². The fourth-order valence-electron chi connectivity index (χ4n) is 3.48. The van der Waals surface area contributed by atoms with E-state index in [0.717, 1.165) is 48.1 Å². The average Bonchev–Trinajstić information content (AvgIpc) is 3.22. The number of fused-ring (bicyclic) bond motifs is 1. The highest BCUT2D eigenvalue weighted by Crippen LogP contribution is 2.44. The Morgan fingerprint density at radius 1 is 1.54 bits per heavy atom. The Morgan fingerprint density at radius 3 is 3.04 bits per heavy atom. The molecule has 4 rings (SSSR count). The molecule has 0 unspecified atom stereocenters. The van der Waals surface area contributed by atoms with Crippen LogP contribution in [0.4, 0.5) is 0 Å². The van der Waals surface area contributed by atoms with Crippen LogP contribution in [0.3, 0.4) is 0 Å². The lowest BCUT2D eigenvalue weighted by molar-refractivity contribution is -0.120. The van der Waals surface area contributed by atoms with Gasteiger partial charge in [-0.2, -0.15) is 0 Å². The number of carbonyl (C=O) groups is 1. The molecule has 2 aromatic rings. The summed E-state index contributed by atoms with van der Waals surface area (Å²) in [5, 5.41) is 5.99. The first-order valence-corrected chi connectivity index (χ1v) is 11.5. The Morgan fingerprint density at radius 2 is 2.36 bits per heavy atom. The molecular weight excluding hydrogens is 394 g/mol. The zero-order chi connectivity index (χ0) is 19.7. The fraction of sp³-hybridized carbons (Fsp3) is 0.550. The lowest BCUT2D eigenvalue weighted by Crippen LogP contribution is -2.37. The Kier molecular flexibility index (Phi) is 5.89. The maximum Gasteiger partial charge on any atom is 0.263 e. The number of amides is 1. The highest BCUT2D eigenvalue weighted by molar-refractivity contribution is 8.00. The standard InChI is InChI=1S/C20H25N3O3S2/c1-3-8-23-19(25)16-15(13-6-7-13)11-27-18(16)22-20(23)28-12(2)17(24)21-10-14-5-4-9-26-14/h3,11-14H,1,4-10H2,2H3,(H,21,24)/t12-,14+/m1/s1. The number of hydrogen-bond donors (Lipinski definition) is 1. The van der Waals surface area contributed by atoms with Crippen molar-refractivity contribution in [2.75, 3.05) is 13.2 Å². The van der Waals surface area contributed by atoms with Gasteiger partial charge in [-0.05, 0) is 49.5 Å². The molecule has 2 aliphatic rings. The minimum absolute atomic E-state index is 0.0255. The third-order valence-electron chi connectivity index (χ3n) is 5.20. The van der Waals surface area contributed by atoms with Crippen LogP contribution in [0.25, 0.3) is 10.2 Å². The fourth-order valence-corrected chi connectivity index (χ4v) is 5.48. The summed E-state index contributed by atoms with van der Waals surface area (Å²) in [5.41, 5.74) is 1.11. The summed E-state index contributed by atoms with van der Waals surface area (Å²) >= 11 is 2.84. The lowest BCUT2D eigenvalue weighted by Gasteiger charge is -2.16. The van der Waals surface area contributed by atoms with E-state index >= 15 is 0 Å². The molecular formula is C20H25N3O3S2. The molecule has 150 valence electrons. The van der Waals surface area contributed by atoms with Crippen LogP contribution in [-0.4, -0.2) is 40.0 Å². The number of nitrogens with one attached hydrogen (secondary N) is 1. The van der Waals surface area contributed by atoms with Crippen molar-refractivity contribution in [3.05, 3.63) is 34.0 Å². The molecule has 1 aliphatic carbocycles. The van der Waals surface area contributed by atoms with E-state index in [0.29, 0.717) is 24.2 Å². The molecule has 0 spiro atoms. The van der Waals surface area contributed by atoms with Crippen molar-refractivity contribution in [2.45, 2.75) is 61.6 Å². The molecule has 1 saturated heterocycles. The highest BCUT2D eigenvalue weighted by Gasteiger charge is 2.29. The van der Waals surface area contributed by atoms with Crippen molar-refractivity contribution in [3.63, 3.8) is 0 Å². The first-order valence-electron chi connectivity index (χ1n) is 9.77. The maximum absolute atomic E-state index is 13.2. The van der Waals surface area contributed by atoms with E-state index < -0.39 is 0 Å². The zero-order valence-electron chi connectivity index (χ0n) is 16.0. The number of thiophene rings is 1. The van der Waals surface area contributed by atoms with Crippen molar-refractivity contribution < 1.29 is 9.53 Å². The summed E-state index contributed by atoms with van der Waals surface area (Å²) in [5.74, 6) is 0.436. The van der Waals surface area contributed by atoms with Crippen LogP contribution in [0.15, 0.2) is 28.0 Å². The Hall–Kier alpha value is -1.64. The summed E-state index contributed by atoms with van der Waals surface area (Å²) in [6, 6.07) is 0. The smallest absolute Gasteiger partial charge is 0.263 e. The third kappa shape index (κ3) is 4.04. The largest absolute Gasteiger partial charge is 0.376 e. The van der Waals surface area contributed by atoms with Gasteiger partial charge in [0.15, 0.2) is 5.16 Å². The molecule has 2 atom stereocenters. The monoisotopic (exact) mass is 419 g/mol. The van der Waals surface area contributed by atoms with Crippen LogP contribution < -0.4 is 10.9 Å². The number of hydrogen-bond acceptors (Lipinski definition) is 6. The summed E-state index contributed by atoms with van der Waals surface area (Å²) in [4.78, 5) is 31.2. The van der Waals surface area contributed by atoms with Crippen molar-refractivity contribution in [1.29, 1.82) is 0 Å². The predicted molar refractivity (Wildman–Crippen MR) is 113 cm³/mol. The summed E-state index contributed by atoms with van der Waals surface area (Å²) in [7, 11) is 0. The van der Waals surface area contributed by atoms with Crippen LogP contribution in [0, 0.1) is 0 Å². The summed E-state index contributed by atoms with van der Waals surface area (Å²) in [6.45, 7) is 7.30. The number of aromatic nitrogens is 2. The van der Waals surface area contributed by atoms with Gasteiger partial charge in [0.25, 0.3) is 5.56 Å². The SMILES string of the molecule is C=CCn1c(S[C@H](C)C(=O)NC[C@@H]2CCCO2)nc2scc(C3CC3)c2c1=O. The molecule has 0 bridgehead atoms. The van der Waals surface area contributed by atoms with E-state index in [-0.39, 0.29) is 22.8 Å². The molecule has 0 radical (unpaired) electrons. The van der Waals surface area contributed by atoms with Gasteiger partial charge in [0.05, 0.1) is 16.7 Å². The normalized spacial score (nSPS) is 20.4. The van der Waals surface area contributed by atoms with Crippen molar-refractivity contribution in [3.8, 4) is 0 Å². The van der Waals surface area contributed by atoms with Crippen LogP contribution >= 0.6 is 23.1 Å². The average molecular weight is 420 g/mol. The van der Waals surface area contributed by atoms with Crippen LogP contribution in [0.5, 0.6) is 0 Å². The van der Waals surface area contributed by atoms with E-state index in [1.54, 1.807) is 10.6 Å². The second kappa shape index (κ2) is 8.39. The maximum atomic E-state index is 13.2.